The van der Waals surface area contributed by atoms with Gasteiger partial charge in [-0.3, -0.25) is 9.59 Å². The quantitative estimate of drug-likeness (QED) is 0.703. The molecule has 0 aromatic carbocycles. The molecule has 0 radical (unpaired) electrons. The van der Waals surface area contributed by atoms with E-state index in [-0.39, 0.29) is 11.8 Å². The Morgan fingerprint density at radius 1 is 1.50 bits per heavy atom. The Morgan fingerprint density at radius 2 is 2.17 bits per heavy atom. The maximum Gasteiger partial charge on any atom is 0.245 e. The molecule has 1 aliphatic heterocycles. The van der Waals surface area contributed by atoms with E-state index in [2.05, 4.69) is 24.5 Å². The number of carbonyl (C=O) groups is 2. The summed E-state index contributed by atoms with van der Waals surface area (Å²) in [7, 11) is 0. The lowest BCUT2D eigenvalue weighted by molar-refractivity contribution is -0.149. The van der Waals surface area contributed by atoms with Crippen LogP contribution in [0.15, 0.2) is 0 Å². The first-order valence-electron chi connectivity index (χ1n) is 6.68. The largest absolute Gasteiger partial charge is 0.352 e. The molecule has 0 saturated carbocycles. The molecule has 18 heavy (non-hydrogen) atoms. The van der Waals surface area contributed by atoms with Gasteiger partial charge in [-0.1, -0.05) is 13.8 Å². The fourth-order valence-electron chi connectivity index (χ4n) is 2.10. The highest BCUT2D eigenvalue weighted by Gasteiger charge is 2.39. The van der Waals surface area contributed by atoms with E-state index in [0.717, 1.165) is 13.0 Å². The fourth-order valence-corrected chi connectivity index (χ4v) is 2.10. The van der Waals surface area contributed by atoms with Gasteiger partial charge in [0, 0.05) is 25.6 Å². The molecule has 2 amide bonds. The number of hydrogen-bond donors (Lipinski definition) is 2. The molecule has 0 aliphatic carbocycles. The molecule has 1 heterocycles. The molecule has 5 heteroatoms. The van der Waals surface area contributed by atoms with Crippen LogP contribution in [0.5, 0.6) is 0 Å². The van der Waals surface area contributed by atoms with E-state index < -0.39 is 5.54 Å². The molecule has 0 aromatic rings. The van der Waals surface area contributed by atoms with Gasteiger partial charge >= 0.3 is 0 Å². The maximum absolute atomic E-state index is 12.1. The average molecular weight is 255 g/mol. The number of nitrogens with one attached hydrogen (secondary N) is 2. The number of amides is 2. The van der Waals surface area contributed by atoms with Crippen molar-refractivity contribution in [3.8, 4) is 0 Å². The van der Waals surface area contributed by atoms with Gasteiger partial charge in [-0.2, -0.15) is 0 Å². The second kappa shape index (κ2) is 6.18. The van der Waals surface area contributed by atoms with Crippen LogP contribution in [0.3, 0.4) is 0 Å². The highest BCUT2D eigenvalue weighted by molar-refractivity contribution is 5.91. The van der Waals surface area contributed by atoms with Gasteiger partial charge < -0.3 is 15.5 Å². The number of rotatable bonds is 5. The summed E-state index contributed by atoms with van der Waals surface area (Å²) in [5.41, 5.74) is -0.721. The standard InChI is InChI=1S/C13H25N3O2/c1-10(2)14-7-5-6-11(17)16-9-8-15-12(18)13(16,3)4/h10,14H,5-9H2,1-4H3,(H,15,18). The Hall–Kier alpha value is -1.10. The van der Waals surface area contributed by atoms with Crippen LogP contribution in [0.4, 0.5) is 0 Å². The number of piperazine rings is 1. The second-order valence-corrected chi connectivity index (χ2v) is 5.57. The Bertz CT molecular complexity index is 313. The van der Waals surface area contributed by atoms with Crippen molar-refractivity contribution in [2.75, 3.05) is 19.6 Å². The summed E-state index contributed by atoms with van der Waals surface area (Å²) in [5, 5.41) is 6.08. The lowest BCUT2D eigenvalue weighted by Crippen LogP contribution is -2.63. The summed E-state index contributed by atoms with van der Waals surface area (Å²) < 4.78 is 0. The van der Waals surface area contributed by atoms with Gasteiger partial charge in [0.05, 0.1) is 0 Å². The minimum atomic E-state index is -0.721. The minimum Gasteiger partial charge on any atom is -0.352 e. The average Bonchev–Trinajstić information content (AvgIpc) is 2.27. The van der Waals surface area contributed by atoms with Gasteiger partial charge in [-0.05, 0) is 26.8 Å². The SMILES string of the molecule is CC(C)NCCCC(=O)N1CCNC(=O)C1(C)C. The first-order valence-corrected chi connectivity index (χ1v) is 6.68. The van der Waals surface area contributed by atoms with Gasteiger partial charge in [-0.15, -0.1) is 0 Å². The topological polar surface area (TPSA) is 61.4 Å². The molecule has 2 N–H and O–H groups in total. The summed E-state index contributed by atoms with van der Waals surface area (Å²) in [6.07, 6.45) is 1.31. The Labute approximate surface area is 109 Å². The summed E-state index contributed by atoms with van der Waals surface area (Å²) in [6, 6.07) is 0.442. The van der Waals surface area contributed by atoms with Gasteiger partial charge in [0.25, 0.3) is 0 Å². The van der Waals surface area contributed by atoms with Crippen molar-refractivity contribution >= 4 is 11.8 Å². The molecular formula is C13H25N3O2. The predicted molar refractivity (Wildman–Crippen MR) is 71.2 cm³/mol. The van der Waals surface area contributed by atoms with E-state index in [1.807, 2.05) is 0 Å². The van der Waals surface area contributed by atoms with Crippen molar-refractivity contribution in [2.45, 2.75) is 52.1 Å². The summed E-state index contributed by atoms with van der Waals surface area (Å²) in [4.78, 5) is 25.6. The summed E-state index contributed by atoms with van der Waals surface area (Å²) in [5.74, 6) is 0.00260. The number of nitrogens with zero attached hydrogens (tertiary/aromatic N) is 1. The van der Waals surface area contributed by atoms with Gasteiger partial charge in [0.15, 0.2) is 0 Å². The Balaban J connectivity index is 2.43. The molecule has 0 unspecified atom stereocenters. The van der Waals surface area contributed by atoms with Crippen LogP contribution in [0, 0.1) is 0 Å². The highest BCUT2D eigenvalue weighted by atomic mass is 16.2. The molecule has 5 nitrogen and oxygen atoms in total. The van der Waals surface area contributed by atoms with E-state index in [4.69, 9.17) is 0 Å². The van der Waals surface area contributed by atoms with Crippen LogP contribution in [0.1, 0.15) is 40.5 Å². The van der Waals surface area contributed by atoms with Crippen molar-refractivity contribution in [2.24, 2.45) is 0 Å². The zero-order valence-corrected chi connectivity index (χ0v) is 11.9. The smallest absolute Gasteiger partial charge is 0.245 e. The Kier molecular flexibility index (Phi) is 5.14. The molecule has 0 bridgehead atoms. The van der Waals surface area contributed by atoms with Gasteiger partial charge in [-0.25, -0.2) is 0 Å². The number of hydrogen-bond acceptors (Lipinski definition) is 3. The molecule has 1 aliphatic rings. The first kappa shape index (κ1) is 15.0. The van der Waals surface area contributed by atoms with E-state index in [9.17, 15) is 9.59 Å². The fraction of sp³-hybridized carbons (Fsp3) is 0.846. The van der Waals surface area contributed by atoms with E-state index in [1.54, 1.807) is 18.7 Å². The van der Waals surface area contributed by atoms with Crippen LogP contribution in [0.25, 0.3) is 0 Å². The molecule has 0 spiro atoms. The third-order valence-electron chi connectivity index (χ3n) is 3.27. The van der Waals surface area contributed by atoms with Crippen molar-refractivity contribution in [1.29, 1.82) is 0 Å². The number of carbonyl (C=O) groups excluding carboxylic acids is 2. The molecule has 1 saturated heterocycles. The lowest BCUT2D eigenvalue weighted by atomic mass is 9.98. The first-order chi connectivity index (χ1) is 8.35. The molecule has 1 fully saturated rings. The minimum absolute atomic E-state index is 0.0672. The lowest BCUT2D eigenvalue weighted by Gasteiger charge is -2.41. The van der Waals surface area contributed by atoms with Crippen molar-refractivity contribution < 1.29 is 9.59 Å². The van der Waals surface area contributed by atoms with Crippen LogP contribution in [-0.2, 0) is 9.59 Å². The van der Waals surface area contributed by atoms with Crippen LogP contribution in [0.2, 0.25) is 0 Å². The third kappa shape index (κ3) is 3.70. The van der Waals surface area contributed by atoms with Gasteiger partial charge in [0.1, 0.15) is 5.54 Å². The molecule has 0 atom stereocenters. The summed E-state index contributed by atoms with van der Waals surface area (Å²) >= 11 is 0. The third-order valence-corrected chi connectivity index (χ3v) is 3.27. The maximum atomic E-state index is 12.1. The second-order valence-electron chi connectivity index (χ2n) is 5.57. The van der Waals surface area contributed by atoms with E-state index in [1.165, 1.54) is 0 Å². The van der Waals surface area contributed by atoms with Crippen LogP contribution >= 0.6 is 0 Å². The highest BCUT2D eigenvalue weighted by Crippen LogP contribution is 2.18. The monoisotopic (exact) mass is 255 g/mol. The van der Waals surface area contributed by atoms with Crippen molar-refractivity contribution in [3.05, 3.63) is 0 Å². The predicted octanol–water partition coefficient (Wildman–Crippen LogP) is 0.502. The molecule has 104 valence electrons. The van der Waals surface area contributed by atoms with Crippen molar-refractivity contribution in [3.63, 3.8) is 0 Å². The Morgan fingerprint density at radius 3 is 2.78 bits per heavy atom. The van der Waals surface area contributed by atoms with Gasteiger partial charge in [0.2, 0.25) is 11.8 Å². The normalized spacial score (nSPS) is 18.9. The van der Waals surface area contributed by atoms with Crippen LogP contribution < -0.4 is 10.6 Å². The zero-order chi connectivity index (χ0) is 13.8. The van der Waals surface area contributed by atoms with Crippen molar-refractivity contribution in [1.82, 2.24) is 15.5 Å². The molecular weight excluding hydrogens is 230 g/mol. The summed E-state index contributed by atoms with van der Waals surface area (Å²) in [6.45, 7) is 9.76. The molecule has 0 aromatic heterocycles. The van der Waals surface area contributed by atoms with Crippen LogP contribution in [-0.4, -0.2) is 47.9 Å². The van der Waals surface area contributed by atoms with E-state index >= 15 is 0 Å². The van der Waals surface area contributed by atoms with E-state index in [0.29, 0.717) is 25.6 Å². The molecule has 1 rings (SSSR count). The zero-order valence-electron chi connectivity index (χ0n) is 11.9.